The molecular formula is C16H15ClF5N3O3S. The molecule has 1 amide bonds. The number of amides is 1. The lowest BCUT2D eigenvalue weighted by atomic mass is 10.2. The highest BCUT2D eigenvalue weighted by atomic mass is 35.5. The predicted octanol–water partition coefficient (Wildman–Crippen LogP) is 3.69. The van der Waals surface area contributed by atoms with Crippen LogP contribution < -0.4 is 10.0 Å². The molecule has 0 bridgehead atoms. The number of sulfonamides is 1. The van der Waals surface area contributed by atoms with Crippen LogP contribution in [0.2, 0.25) is 5.02 Å². The molecule has 0 saturated heterocycles. The first-order valence-corrected chi connectivity index (χ1v) is 9.77. The highest BCUT2D eigenvalue weighted by Crippen LogP contribution is 2.27. The van der Waals surface area contributed by atoms with Gasteiger partial charge in [0.05, 0.1) is 11.6 Å². The van der Waals surface area contributed by atoms with Crippen molar-refractivity contribution in [3.8, 4) is 0 Å². The molecule has 0 aliphatic carbocycles. The van der Waals surface area contributed by atoms with E-state index in [9.17, 15) is 35.2 Å². The summed E-state index contributed by atoms with van der Waals surface area (Å²) in [6.07, 6.45) is -3.58. The van der Waals surface area contributed by atoms with Gasteiger partial charge >= 0.3 is 6.18 Å². The average Bonchev–Trinajstić information content (AvgIpc) is 3.02. The fourth-order valence-electron chi connectivity index (χ4n) is 2.15. The van der Waals surface area contributed by atoms with E-state index in [0.717, 1.165) is 35.9 Å². The van der Waals surface area contributed by atoms with Crippen LogP contribution in [0.25, 0.3) is 0 Å². The first-order valence-electron chi connectivity index (χ1n) is 7.91. The van der Waals surface area contributed by atoms with Crippen molar-refractivity contribution in [2.24, 2.45) is 13.0 Å². The average molecular weight is 460 g/mol. The molecule has 2 rings (SSSR count). The minimum Gasteiger partial charge on any atom is -0.345 e. The number of benzene rings is 1. The topological polar surface area (TPSA) is 80.2 Å². The molecule has 1 aromatic heterocycles. The van der Waals surface area contributed by atoms with E-state index in [0.29, 0.717) is 0 Å². The summed E-state index contributed by atoms with van der Waals surface area (Å²) in [6, 6.07) is 2.65. The number of carbonyl (C=O) groups is 1. The third-order valence-electron chi connectivity index (χ3n) is 3.94. The van der Waals surface area contributed by atoms with E-state index in [1.807, 2.05) is 4.72 Å². The van der Waals surface area contributed by atoms with Crippen LogP contribution in [0.1, 0.15) is 17.4 Å². The van der Waals surface area contributed by atoms with Crippen molar-refractivity contribution in [2.45, 2.75) is 18.0 Å². The van der Waals surface area contributed by atoms with Crippen LogP contribution in [0.5, 0.6) is 0 Å². The largest absolute Gasteiger partial charge is 0.392 e. The van der Waals surface area contributed by atoms with Gasteiger partial charge in [-0.25, -0.2) is 21.9 Å². The summed E-state index contributed by atoms with van der Waals surface area (Å²) >= 11 is 5.43. The Morgan fingerprint density at radius 2 is 1.90 bits per heavy atom. The minimum absolute atomic E-state index is 0.242. The van der Waals surface area contributed by atoms with Crippen molar-refractivity contribution < 1.29 is 35.2 Å². The Balaban J connectivity index is 2.21. The zero-order chi connectivity index (χ0) is 22.1. The van der Waals surface area contributed by atoms with Gasteiger partial charge in [-0.05, 0) is 18.2 Å². The van der Waals surface area contributed by atoms with Gasteiger partial charge in [0.2, 0.25) is 10.0 Å². The number of nitrogens with one attached hydrogen (secondary N) is 2. The number of hydrogen-bond acceptors (Lipinski definition) is 3. The van der Waals surface area contributed by atoms with Gasteiger partial charge in [-0.15, -0.1) is 0 Å². The second-order valence-corrected chi connectivity index (χ2v) is 8.29. The number of aromatic nitrogens is 1. The van der Waals surface area contributed by atoms with E-state index >= 15 is 0 Å². The fourth-order valence-corrected chi connectivity index (χ4v) is 3.51. The number of hydrogen-bond donors (Lipinski definition) is 2. The van der Waals surface area contributed by atoms with E-state index in [4.69, 9.17) is 11.6 Å². The SMILES string of the molecule is CC(CNS(=O)(=O)c1cc(C(=O)Nc2ccc(F)c(Cl)c2F)n(C)c1)C(F)(F)F. The number of halogens is 6. The molecule has 0 aliphatic heterocycles. The van der Waals surface area contributed by atoms with Crippen molar-refractivity contribution >= 4 is 33.2 Å². The summed E-state index contributed by atoms with van der Waals surface area (Å²) in [5.41, 5.74) is -0.682. The molecule has 6 nitrogen and oxygen atoms in total. The number of rotatable bonds is 6. The quantitative estimate of drug-likeness (QED) is 0.511. The molecule has 1 atom stereocenters. The van der Waals surface area contributed by atoms with Gasteiger partial charge in [0, 0.05) is 19.8 Å². The molecule has 0 aliphatic rings. The van der Waals surface area contributed by atoms with Crippen LogP contribution in [0.15, 0.2) is 29.3 Å². The lowest BCUT2D eigenvalue weighted by molar-refractivity contribution is -0.167. The molecule has 2 aromatic rings. The number of anilines is 1. The third-order valence-corrected chi connectivity index (χ3v) is 5.68. The second kappa shape index (κ2) is 8.28. The van der Waals surface area contributed by atoms with Crippen molar-refractivity contribution in [2.75, 3.05) is 11.9 Å². The summed E-state index contributed by atoms with van der Waals surface area (Å²) in [4.78, 5) is 11.9. The third kappa shape index (κ3) is 5.25. The van der Waals surface area contributed by atoms with Crippen molar-refractivity contribution in [3.63, 3.8) is 0 Å². The van der Waals surface area contributed by atoms with Gasteiger partial charge in [-0.2, -0.15) is 13.2 Å². The smallest absolute Gasteiger partial charge is 0.345 e. The van der Waals surface area contributed by atoms with Gasteiger partial charge in [-0.3, -0.25) is 4.79 Å². The molecule has 29 heavy (non-hydrogen) atoms. The molecule has 160 valence electrons. The van der Waals surface area contributed by atoms with E-state index in [-0.39, 0.29) is 5.69 Å². The van der Waals surface area contributed by atoms with E-state index in [1.165, 1.54) is 7.05 Å². The predicted molar refractivity (Wildman–Crippen MR) is 95.1 cm³/mol. The van der Waals surface area contributed by atoms with Crippen LogP contribution >= 0.6 is 11.6 Å². The molecule has 13 heteroatoms. The van der Waals surface area contributed by atoms with Gasteiger partial charge < -0.3 is 9.88 Å². The first-order chi connectivity index (χ1) is 13.2. The Bertz CT molecular complexity index is 1040. The first kappa shape index (κ1) is 23.1. The maximum absolute atomic E-state index is 13.9. The Kier molecular flexibility index (Phi) is 6.60. The molecule has 1 heterocycles. The van der Waals surface area contributed by atoms with Crippen LogP contribution in [-0.4, -0.2) is 31.6 Å². The summed E-state index contributed by atoms with van der Waals surface area (Å²) in [5.74, 6) is -5.12. The molecule has 1 aromatic carbocycles. The number of carbonyl (C=O) groups excluding carboxylic acids is 1. The lowest BCUT2D eigenvalue weighted by Crippen LogP contribution is -2.34. The highest BCUT2D eigenvalue weighted by molar-refractivity contribution is 7.89. The highest BCUT2D eigenvalue weighted by Gasteiger charge is 2.36. The van der Waals surface area contributed by atoms with Gasteiger partial charge in [0.25, 0.3) is 5.91 Å². The number of nitrogens with zero attached hydrogens (tertiary/aromatic N) is 1. The monoisotopic (exact) mass is 459 g/mol. The van der Waals surface area contributed by atoms with Crippen molar-refractivity contribution in [1.29, 1.82) is 0 Å². The van der Waals surface area contributed by atoms with Crippen LogP contribution in [0.4, 0.5) is 27.6 Å². The molecule has 0 spiro atoms. The Morgan fingerprint density at radius 3 is 2.48 bits per heavy atom. The maximum Gasteiger partial charge on any atom is 0.392 e. The molecule has 0 saturated carbocycles. The molecule has 2 N–H and O–H groups in total. The van der Waals surface area contributed by atoms with E-state index < -0.39 is 61.8 Å². The molecule has 1 unspecified atom stereocenters. The summed E-state index contributed by atoms with van der Waals surface area (Å²) < 4.78 is 92.0. The zero-order valence-corrected chi connectivity index (χ0v) is 16.5. The van der Waals surface area contributed by atoms with E-state index in [2.05, 4.69) is 5.32 Å². The van der Waals surface area contributed by atoms with Crippen molar-refractivity contribution in [3.05, 3.63) is 46.7 Å². The molecule has 0 radical (unpaired) electrons. The van der Waals surface area contributed by atoms with Gasteiger partial charge in [0.1, 0.15) is 21.4 Å². The minimum atomic E-state index is -4.58. The summed E-state index contributed by atoms with van der Waals surface area (Å²) in [7, 11) is -3.03. The normalized spacial score (nSPS) is 13.4. The second-order valence-electron chi connectivity index (χ2n) is 6.14. The van der Waals surface area contributed by atoms with Crippen LogP contribution in [0.3, 0.4) is 0 Å². The van der Waals surface area contributed by atoms with Crippen LogP contribution in [-0.2, 0) is 17.1 Å². The zero-order valence-electron chi connectivity index (χ0n) is 14.9. The lowest BCUT2D eigenvalue weighted by Gasteiger charge is -2.15. The van der Waals surface area contributed by atoms with E-state index in [1.54, 1.807) is 0 Å². The molecule has 0 fully saturated rings. The number of alkyl halides is 3. The Morgan fingerprint density at radius 1 is 1.28 bits per heavy atom. The summed E-state index contributed by atoms with van der Waals surface area (Å²) in [5, 5.41) is 1.29. The van der Waals surface area contributed by atoms with Gasteiger partial charge in [0.15, 0.2) is 5.82 Å². The summed E-state index contributed by atoms with van der Waals surface area (Å²) in [6.45, 7) is -0.0731. The Hall–Kier alpha value is -2.18. The van der Waals surface area contributed by atoms with Crippen molar-refractivity contribution in [1.82, 2.24) is 9.29 Å². The number of aryl methyl sites for hydroxylation is 1. The standard InChI is InChI=1S/C16H15ClF5N3O3S/c1-8(16(20,21)22)6-23-29(27,28)9-5-12(25(2)7-9)15(26)24-11-4-3-10(18)13(17)14(11)19/h3-5,7-8,23H,6H2,1-2H3,(H,24,26). The molecular weight excluding hydrogens is 445 g/mol. The fraction of sp³-hybridized carbons (Fsp3) is 0.312. The van der Waals surface area contributed by atoms with Crippen LogP contribution in [0, 0.1) is 17.6 Å². The Labute approximate surface area is 167 Å². The maximum atomic E-state index is 13.9. The van der Waals surface area contributed by atoms with Gasteiger partial charge in [-0.1, -0.05) is 18.5 Å².